The van der Waals surface area contributed by atoms with Crippen LogP contribution in [0.25, 0.3) is 0 Å². The molecule has 0 heterocycles. The quantitative estimate of drug-likeness (QED) is 0.573. The van der Waals surface area contributed by atoms with Crippen molar-refractivity contribution < 1.29 is 9.53 Å². The first kappa shape index (κ1) is 12.3. The minimum Gasteiger partial charge on any atom is -0.448 e. The Labute approximate surface area is 96.6 Å². The second-order valence-electron chi connectivity index (χ2n) is 4.24. The van der Waals surface area contributed by atoms with E-state index in [0.29, 0.717) is 0 Å². The third-order valence-electron chi connectivity index (χ3n) is 2.61. The van der Waals surface area contributed by atoms with Crippen LogP contribution in [0.15, 0.2) is 30.3 Å². The zero-order valence-corrected chi connectivity index (χ0v) is 9.86. The molecule has 1 atom stereocenters. The van der Waals surface area contributed by atoms with Crippen molar-refractivity contribution in [2.75, 3.05) is 0 Å². The molecule has 0 saturated carbocycles. The van der Waals surface area contributed by atoms with Gasteiger partial charge in [-0.15, -0.1) is 6.42 Å². The molecule has 1 aromatic rings. The molecule has 0 aliphatic heterocycles. The maximum absolute atomic E-state index is 11.0. The van der Waals surface area contributed by atoms with Crippen molar-refractivity contribution >= 4 is 5.97 Å². The molecule has 1 rings (SSSR count). The summed E-state index contributed by atoms with van der Waals surface area (Å²) in [6.07, 6.45) is 4.87. The Morgan fingerprint density at radius 2 is 1.94 bits per heavy atom. The summed E-state index contributed by atoms with van der Waals surface area (Å²) in [4.78, 5) is 11.0. The van der Waals surface area contributed by atoms with Gasteiger partial charge < -0.3 is 4.74 Å². The summed E-state index contributed by atoms with van der Waals surface area (Å²) < 4.78 is 5.14. The smallest absolute Gasteiger partial charge is 0.303 e. The average molecular weight is 216 g/mol. The predicted octanol–water partition coefficient (Wildman–Crippen LogP) is 2.53. The summed E-state index contributed by atoms with van der Waals surface area (Å²) in [7, 11) is 0. The van der Waals surface area contributed by atoms with Gasteiger partial charge in [0, 0.05) is 12.3 Å². The molecule has 0 fully saturated rings. The van der Waals surface area contributed by atoms with Gasteiger partial charge in [-0.25, -0.2) is 0 Å². The number of terminal acetylenes is 1. The largest absolute Gasteiger partial charge is 0.448 e. The Balaban J connectivity index is 3.00. The van der Waals surface area contributed by atoms with Crippen LogP contribution in [0, 0.1) is 12.3 Å². The average Bonchev–Trinajstić information content (AvgIpc) is 2.26. The minimum absolute atomic E-state index is 0.355. The molecule has 16 heavy (non-hydrogen) atoms. The number of ether oxygens (including phenoxy) is 1. The number of esters is 1. The van der Waals surface area contributed by atoms with Gasteiger partial charge in [0.1, 0.15) is 0 Å². The van der Waals surface area contributed by atoms with Crippen molar-refractivity contribution in [1.82, 2.24) is 0 Å². The summed E-state index contributed by atoms with van der Waals surface area (Å²) in [5.41, 5.74) is 0.668. The van der Waals surface area contributed by atoms with E-state index in [1.54, 1.807) is 0 Å². The van der Waals surface area contributed by atoms with Gasteiger partial charge >= 0.3 is 5.97 Å². The van der Waals surface area contributed by atoms with Gasteiger partial charge in [0.05, 0.1) is 0 Å². The molecule has 1 aromatic carbocycles. The van der Waals surface area contributed by atoms with E-state index in [1.807, 2.05) is 44.2 Å². The zero-order chi connectivity index (χ0) is 12.2. The monoisotopic (exact) mass is 216 g/mol. The molecule has 0 bridgehead atoms. The highest BCUT2D eigenvalue weighted by Gasteiger charge is 2.32. The lowest BCUT2D eigenvalue weighted by atomic mass is 9.79. The highest BCUT2D eigenvalue weighted by molar-refractivity contribution is 5.66. The summed E-state index contributed by atoms with van der Waals surface area (Å²) in [5.74, 6) is 2.17. The third-order valence-corrected chi connectivity index (χ3v) is 2.61. The first-order valence-electron chi connectivity index (χ1n) is 5.17. The van der Waals surface area contributed by atoms with E-state index in [0.717, 1.165) is 5.56 Å². The summed E-state index contributed by atoms with van der Waals surface area (Å²) in [5, 5.41) is 0. The molecule has 0 N–H and O–H groups in total. The van der Waals surface area contributed by atoms with Gasteiger partial charge in [-0.2, -0.15) is 0 Å². The van der Waals surface area contributed by atoms with Crippen LogP contribution in [0.1, 0.15) is 26.3 Å². The molecule has 0 spiro atoms. The maximum atomic E-state index is 11.0. The first-order valence-corrected chi connectivity index (χ1v) is 5.17. The van der Waals surface area contributed by atoms with Crippen molar-refractivity contribution in [1.29, 1.82) is 0 Å². The van der Waals surface area contributed by atoms with Crippen LogP contribution in [-0.4, -0.2) is 12.1 Å². The van der Waals surface area contributed by atoms with E-state index in [2.05, 4.69) is 5.92 Å². The van der Waals surface area contributed by atoms with Gasteiger partial charge in [0.15, 0.2) is 6.10 Å². The fourth-order valence-electron chi connectivity index (χ4n) is 1.57. The molecule has 0 aliphatic rings. The van der Waals surface area contributed by atoms with Gasteiger partial charge in [0.25, 0.3) is 0 Å². The topological polar surface area (TPSA) is 26.3 Å². The summed E-state index contributed by atoms with van der Waals surface area (Å²) >= 11 is 0. The Bertz CT molecular complexity index is 398. The van der Waals surface area contributed by atoms with Crippen molar-refractivity contribution in [3.63, 3.8) is 0 Å². The fraction of sp³-hybridized carbons (Fsp3) is 0.357. The van der Waals surface area contributed by atoms with Crippen molar-refractivity contribution in [2.24, 2.45) is 0 Å². The highest BCUT2D eigenvalue weighted by atomic mass is 16.5. The van der Waals surface area contributed by atoms with Crippen molar-refractivity contribution in [3.05, 3.63) is 35.9 Å². The van der Waals surface area contributed by atoms with Crippen LogP contribution in [0.5, 0.6) is 0 Å². The predicted molar refractivity (Wildman–Crippen MR) is 63.9 cm³/mol. The second kappa shape index (κ2) is 4.85. The molecule has 2 heteroatoms. The molecular formula is C14H16O2. The molecular weight excluding hydrogens is 200 g/mol. The van der Waals surface area contributed by atoms with E-state index in [-0.39, 0.29) is 11.4 Å². The van der Waals surface area contributed by atoms with Gasteiger partial charge in [0.2, 0.25) is 0 Å². The normalized spacial score (nSPS) is 12.6. The SMILES string of the molecule is C#CC(OC(C)=O)C(C)(C)c1ccccc1. The third kappa shape index (κ3) is 2.64. The molecule has 1 unspecified atom stereocenters. The van der Waals surface area contributed by atoms with Crippen molar-refractivity contribution in [2.45, 2.75) is 32.3 Å². The van der Waals surface area contributed by atoms with Crippen LogP contribution in [-0.2, 0) is 14.9 Å². The van der Waals surface area contributed by atoms with Crippen LogP contribution in [0.3, 0.4) is 0 Å². The zero-order valence-electron chi connectivity index (χ0n) is 9.86. The molecule has 0 aliphatic carbocycles. The standard InChI is InChI=1S/C14H16O2/c1-5-13(16-11(2)15)14(3,4)12-9-7-6-8-10-12/h1,6-10,13H,2-4H3. The van der Waals surface area contributed by atoms with E-state index in [4.69, 9.17) is 11.2 Å². The first-order chi connectivity index (χ1) is 7.48. The maximum Gasteiger partial charge on any atom is 0.303 e. The van der Waals surface area contributed by atoms with Gasteiger partial charge in [-0.1, -0.05) is 50.1 Å². The fourth-order valence-corrected chi connectivity index (χ4v) is 1.57. The van der Waals surface area contributed by atoms with E-state index in [1.165, 1.54) is 6.92 Å². The lowest BCUT2D eigenvalue weighted by Crippen LogP contribution is -2.36. The molecule has 84 valence electrons. The molecule has 0 radical (unpaired) electrons. The van der Waals surface area contributed by atoms with Crippen molar-refractivity contribution in [3.8, 4) is 12.3 Å². The number of benzene rings is 1. The van der Waals surface area contributed by atoms with Crippen LogP contribution < -0.4 is 0 Å². The molecule has 0 saturated heterocycles. The van der Waals surface area contributed by atoms with E-state index in [9.17, 15) is 4.79 Å². The number of hydrogen-bond acceptors (Lipinski definition) is 2. The summed E-state index contributed by atoms with van der Waals surface area (Å²) in [6, 6.07) is 9.79. The van der Waals surface area contributed by atoms with Gasteiger partial charge in [-0.3, -0.25) is 4.79 Å². The Kier molecular flexibility index (Phi) is 3.73. The Morgan fingerprint density at radius 1 is 1.38 bits per heavy atom. The Hall–Kier alpha value is -1.75. The van der Waals surface area contributed by atoms with Crippen LogP contribution in [0.2, 0.25) is 0 Å². The number of carbonyl (C=O) groups is 1. The van der Waals surface area contributed by atoms with E-state index < -0.39 is 6.10 Å². The highest BCUT2D eigenvalue weighted by Crippen LogP contribution is 2.28. The number of carbonyl (C=O) groups excluding carboxylic acids is 1. The van der Waals surface area contributed by atoms with Crippen LogP contribution in [0.4, 0.5) is 0 Å². The van der Waals surface area contributed by atoms with Gasteiger partial charge in [-0.05, 0) is 5.56 Å². The van der Waals surface area contributed by atoms with E-state index >= 15 is 0 Å². The summed E-state index contributed by atoms with van der Waals surface area (Å²) in [6.45, 7) is 5.30. The molecule has 0 amide bonds. The lowest BCUT2D eigenvalue weighted by molar-refractivity contribution is -0.146. The Morgan fingerprint density at radius 3 is 2.38 bits per heavy atom. The molecule has 2 nitrogen and oxygen atoms in total. The molecule has 0 aromatic heterocycles. The second-order valence-corrected chi connectivity index (χ2v) is 4.24. The minimum atomic E-state index is -0.549. The van der Waals surface area contributed by atoms with Crippen LogP contribution >= 0.6 is 0 Å². The lowest BCUT2D eigenvalue weighted by Gasteiger charge is -2.30. The number of hydrogen-bond donors (Lipinski definition) is 0. The number of rotatable bonds is 3.